The van der Waals surface area contributed by atoms with Gasteiger partial charge in [0.15, 0.2) is 0 Å². The molecule has 3 amide bonds. The number of carbonyl (C=O) groups is 3. The van der Waals surface area contributed by atoms with Crippen LogP contribution in [0.25, 0.3) is 0 Å². The fraction of sp³-hybridized carbons (Fsp3) is 0.438. The lowest BCUT2D eigenvalue weighted by molar-refractivity contribution is -0.128. The average Bonchev–Trinajstić information content (AvgIpc) is 2.52. The standard InChI is InChI=1S/C16H24N4O3.ClH/c1-20(2)15(22)9-5-8-14(21)19-13-7-4-3-6-12(13)16(23)18-11-10-17;/h3-4,6-7H,5,8-11,17H2,1-2H3,(H,18,23)(H,19,21);1H. The molecule has 1 aromatic rings. The van der Waals surface area contributed by atoms with E-state index in [1.165, 1.54) is 4.90 Å². The minimum atomic E-state index is -0.283. The fourth-order valence-electron chi connectivity index (χ4n) is 1.91. The van der Waals surface area contributed by atoms with E-state index in [-0.39, 0.29) is 36.5 Å². The molecule has 0 radical (unpaired) electrons. The third-order valence-electron chi connectivity index (χ3n) is 3.17. The predicted octanol–water partition coefficient (Wildman–Crippen LogP) is 0.994. The van der Waals surface area contributed by atoms with E-state index >= 15 is 0 Å². The number of halogens is 1. The first-order valence-electron chi connectivity index (χ1n) is 7.53. The molecule has 4 N–H and O–H groups in total. The van der Waals surface area contributed by atoms with E-state index < -0.39 is 0 Å². The van der Waals surface area contributed by atoms with Crippen LogP contribution in [0.1, 0.15) is 29.6 Å². The zero-order chi connectivity index (χ0) is 17.2. The van der Waals surface area contributed by atoms with Gasteiger partial charge in [0.1, 0.15) is 0 Å². The molecule has 0 aliphatic rings. The number of amides is 3. The Labute approximate surface area is 148 Å². The van der Waals surface area contributed by atoms with Crippen molar-refractivity contribution in [3.8, 4) is 0 Å². The van der Waals surface area contributed by atoms with Gasteiger partial charge >= 0.3 is 0 Å². The molecule has 0 unspecified atom stereocenters. The van der Waals surface area contributed by atoms with Crippen LogP contribution in [0.2, 0.25) is 0 Å². The molecule has 1 aromatic carbocycles. The minimum Gasteiger partial charge on any atom is -0.351 e. The van der Waals surface area contributed by atoms with Crippen LogP contribution < -0.4 is 16.4 Å². The molecule has 0 bridgehead atoms. The molecule has 0 aliphatic heterocycles. The molecule has 0 fully saturated rings. The second kappa shape index (κ2) is 11.4. The molecule has 24 heavy (non-hydrogen) atoms. The van der Waals surface area contributed by atoms with Crippen molar-refractivity contribution in [1.82, 2.24) is 10.2 Å². The molecular formula is C16H25ClN4O3. The molecule has 0 aliphatic carbocycles. The Morgan fingerprint density at radius 2 is 1.79 bits per heavy atom. The van der Waals surface area contributed by atoms with Gasteiger partial charge in [0.25, 0.3) is 5.91 Å². The Hall–Kier alpha value is -2.12. The number of carbonyl (C=O) groups excluding carboxylic acids is 3. The topological polar surface area (TPSA) is 105 Å². The summed E-state index contributed by atoms with van der Waals surface area (Å²) in [4.78, 5) is 36.9. The first-order valence-corrected chi connectivity index (χ1v) is 7.53. The van der Waals surface area contributed by atoms with Gasteiger partial charge in [0.05, 0.1) is 11.3 Å². The lowest BCUT2D eigenvalue weighted by Crippen LogP contribution is -2.30. The maximum absolute atomic E-state index is 12.0. The van der Waals surface area contributed by atoms with Gasteiger partial charge < -0.3 is 21.3 Å². The highest BCUT2D eigenvalue weighted by Gasteiger charge is 2.13. The third kappa shape index (κ3) is 7.43. The molecule has 134 valence electrons. The van der Waals surface area contributed by atoms with Crippen molar-refractivity contribution in [2.45, 2.75) is 19.3 Å². The number of hydrogen-bond donors (Lipinski definition) is 3. The van der Waals surface area contributed by atoms with Crippen molar-refractivity contribution < 1.29 is 14.4 Å². The molecule has 8 heteroatoms. The highest BCUT2D eigenvalue weighted by Crippen LogP contribution is 2.15. The predicted molar refractivity (Wildman–Crippen MR) is 96.3 cm³/mol. The summed E-state index contributed by atoms with van der Waals surface area (Å²) in [6.45, 7) is 0.716. The average molecular weight is 357 g/mol. The van der Waals surface area contributed by atoms with E-state index in [0.717, 1.165) is 0 Å². The normalized spacial score (nSPS) is 9.62. The van der Waals surface area contributed by atoms with Crippen LogP contribution in [0.5, 0.6) is 0 Å². The highest BCUT2D eigenvalue weighted by atomic mass is 35.5. The van der Waals surface area contributed by atoms with Gasteiger partial charge in [0.2, 0.25) is 11.8 Å². The van der Waals surface area contributed by atoms with Gasteiger partial charge in [-0.1, -0.05) is 12.1 Å². The quantitative estimate of drug-likeness (QED) is 0.646. The van der Waals surface area contributed by atoms with Crippen molar-refractivity contribution >= 4 is 35.8 Å². The van der Waals surface area contributed by atoms with Crippen LogP contribution in [0, 0.1) is 0 Å². The monoisotopic (exact) mass is 356 g/mol. The van der Waals surface area contributed by atoms with Crippen LogP contribution in [0.3, 0.4) is 0 Å². The summed E-state index contributed by atoms with van der Waals surface area (Å²) in [6, 6.07) is 6.77. The summed E-state index contributed by atoms with van der Waals surface area (Å²) < 4.78 is 0. The van der Waals surface area contributed by atoms with Gasteiger partial charge in [0, 0.05) is 40.0 Å². The van der Waals surface area contributed by atoms with Crippen LogP contribution in [0.4, 0.5) is 5.69 Å². The smallest absolute Gasteiger partial charge is 0.253 e. The number of rotatable bonds is 8. The van der Waals surface area contributed by atoms with Crippen LogP contribution in [-0.4, -0.2) is 49.8 Å². The second-order valence-electron chi connectivity index (χ2n) is 5.28. The van der Waals surface area contributed by atoms with E-state index in [2.05, 4.69) is 10.6 Å². The molecule has 0 atom stereocenters. The molecule has 1 rings (SSSR count). The molecular weight excluding hydrogens is 332 g/mol. The Morgan fingerprint density at radius 1 is 1.12 bits per heavy atom. The largest absolute Gasteiger partial charge is 0.351 e. The zero-order valence-electron chi connectivity index (χ0n) is 14.0. The zero-order valence-corrected chi connectivity index (χ0v) is 14.8. The van der Waals surface area contributed by atoms with Crippen molar-refractivity contribution in [2.24, 2.45) is 5.73 Å². The first-order chi connectivity index (χ1) is 11.0. The lowest BCUT2D eigenvalue weighted by Gasteiger charge is -2.12. The van der Waals surface area contributed by atoms with Gasteiger partial charge in [-0.3, -0.25) is 14.4 Å². The Kier molecular flexibility index (Phi) is 10.4. The number of nitrogens with one attached hydrogen (secondary N) is 2. The molecule has 0 saturated carbocycles. The molecule has 0 saturated heterocycles. The Morgan fingerprint density at radius 3 is 2.42 bits per heavy atom. The lowest BCUT2D eigenvalue weighted by atomic mass is 10.1. The Bertz CT molecular complexity index is 564. The van der Waals surface area contributed by atoms with E-state index in [1.807, 2.05) is 0 Å². The molecule has 0 spiro atoms. The van der Waals surface area contributed by atoms with Crippen molar-refractivity contribution in [3.63, 3.8) is 0 Å². The summed E-state index contributed by atoms with van der Waals surface area (Å²) in [6.07, 6.45) is 1.00. The van der Waals surface area contributed by atoms with Crippen molar-refractivity contribution in [2.75, 3.05) is 32.5 Å². The summed E-state index contributed by atoms with van der Waals surface area (Å²) >= 11 is 0. The fourth-order valence-corrected chi connectivity index (χ4v) is 1.91. The number of hydrogen-bond acceptors (Lipinski definition) is 4. The van der Waals surface area contributed by atoms with Crippen LogP contribution in [-0.2, 0) is 9.59 Å². The summed E-state index contributed by atoms with van der Waals surface area (Å²) in [5.41, 5.74) is 6.20. The van der Waals surface area contributed by atoms with Gasteiger partial charge in [-0.05, 0) is 18.6 Å². The summed E-state index contributed by atoms with van der Waals surface area (Å²) in [7, 11) is 3.36. The summed E-state index contributed by atoms with van der Waals surface area (Å²) in [5, 5.41) is 5.38. The molecule has 0 heterocycles. The maximum atomic E-state index is 12.0. The third-order valence-corrected chi connectivity index (χ3v) is 3.17. The van der Waals surface area contributed by atoms with E-state index in [1.54, 1.807) is 38.4 Å². The number of nitrogens with zero attached hydrogens (tertiary/aromatic N) is 1. The second-order valence-corrected chi connectivity index (χ2v) is 5.28. The SMILES string of the molecule is CN(C)C(=O)CCCC(=O)Nc1ccccc1C(=O)NCCN.Cl. The number of anilines is 1. The summed E-state index contributed by atoms with van der Waals surface area (Å²) in [5.74, 6) is -0.524. The van der Waals surface area contributed by atoms with Crippen LogP contribution in [0.15, 0.2) is 24.3 Å². The molecule has 7 nitrogen and oxygen atoms in total. The first kappa shape index (κ1) is 21.9. The number of para-hydroxylation sites is 1. The van der Waals surface area contributed by atoms with Crippen molar-refractivity contribution in [1.29, 1.82) is 0 Å². The number of benzene rings is 1. The van der Waals surface area contributed by atoms with Gasteiger partial charge in [-0.25, -0.2) is 0 Å². The van der Waals surface area contributed by atoms with Crippen molar-refractivity contribution in [3.05, 3.63) is 29.8 Å². The van der Waals surface area contributed by atoms with E-state index in [0.29, 0.717) is 37.2 Å². The van der Waals surface area contributed by atoms with E-state index in [9.17, 15) is 14.4 Å². The Balaban J connectivity index is 0.00000529. The number of nitrogens with two attached hydrogens (primary N) is 1. The van der Waals surface area contributed by atoms with E-state index in [4.69, 9.17) is 5.73 Å². The maximum Gasteiger partial charge on any atom is 0.253 e. The minimum absolute atomic E-state index is 0. The van der Waals surface area contributed by atoms with Crippen LogP contribution >= 0.6 is 12.4 Å². The molecule has 0 aromatic heterocycles. The van der Waals surface area contributed by atoms with Gasteiger partial charge in [-0.2, -0.15) is 0 Å². The highest BCUT2D eigenvalue weighted by molar-refractivity contribution is 6.03. The van der Waals surface area contributed by atoms with Gasteiger partial charge in [-0.15, -0.1) is 12.4 Å².